The molecule has 5 nitrogen and oxygen atoms in total. The molecule has 0 bridgehead atoms. The van der Waals surface area contributed by atoms with Gasteiger partial charge in [-0.1, -0.05) is 19.8 Å². The largest absolute Gasteiger partial charge is 0.466 e. The minimum atomic E-state index is -0.570. The normalized spacial score (nSPS) is 10.6. The molecule has 0 aliphatic rings. The van der Waals surface area contributed by atoms with Crippen LogP contribution in [0.4, 0.5) is 0 Å². The third kappa shape index (κ3) is 6.82. The molecule has 0 heterocycles. The van der Waals surface area contributed by atoms with Gasteiger partial charge in [0.15, 0.2) is 0 Å². The summed E-state index contributed by atoms with van der Waals surface area (Å²) in [6, 6.07) is 0. The van der Waals surface area contributed by atoms with E-state index in [1.54, 1.807) is 6.92 Å². The van der Waals surface area contributed by atoms with Crippen LogP contribution in [-0.2, 0) is 14.3 Å². The fourth-order valence-electron chi connectivity index (χ4n) is 1.60. The Labute approximate surface area is 115 Å². The first-order valence-corrected chi connectivity index (χ1v) is 6.68. The summed E-state index contributed by atoms with van der Waals surface area (Å²) in [4.78, 5) is 22.8. The smallest absolute Gasteiger partial charge is 0.307 e. The predicted octanol–water partition coefficient (Wildman–Crippen LogP) is 0.837. The Morgan fingerprint density at radius 2 is 1.89 bits per heavy atom. The van der Waals surface area contributed by atoms with Gasteiger partial charge in [0, 0.05) is 6.54 Å². The maximum absolute atomic E-state index is 11.7. The van der Waals surface area contributed by atoms with E-state index in [-0.39, 0.29) is 24.8 Å². The third-order valence-electron chi connectivity index (χ3n) is 2.96. The number of ether oxygens (including phenoxy) is 1. The average molecular weight is 268 g/mol. The monoisotopic (exact) mass is 268 g/mol. The summed E-state index contributed by atoms with van der Waals surface area (Å²) >= 11 is 0. The second-order valence-corrected chi connectivity index (χ2v) is 4.21. The lowest BCUT2D eigenvalue weighted by Crippen LogP contribution is -2.49. The Bertz CT molecular complexity index is 330. The highest BCUT2D eigenvalue weighted by molar-refractivity contribution is 5.79. The van der Waals surface area contributed by atoms with Crippen LogP contribution in [0, 0.1) is 12.3 Å². The van der Waals surface area contributed by atoms with Gasteiger partial charge in [0.2, 0.25) is 5.91 Å². The van der Waals surface area contributed by atoms with E-state index in [1.807, 2.05) is 13.8 Å². The zero-order chi connectivity index (χ0) is 14.7. The van der Waals surface area contributed by atoms with E-state index in [1.165, 1.54) is 0 Å². The van der Waals surface area contributed by atoms with Crippen LogP contribution in [0.15, 0.2) is 0 Å². The molecule has 0 spiro atoms. The number of terminal acetylenes is 1. The fourth-order valence-corrected chi connectivity index (χ4v) is 1.60. The van der Waals surface area contributed by atoms with Crippen molar-refractivity contribution in [1.29, 1.82) is 0 Å². The van der Waals surface area contributed by atoms with Crippen molar-refractivity contribution in [1.82, 2.24) is 10.6 Å². The van der Waals surface area contributed by atoms with Gasteiger partial charge in [-0.25, -0.2) is 0 Å². The van der Waals surface area contributed by atoms with Crippen LogP contribution in [0.25, 0.3) is 0 Å². The topological polar surface area (TPSA) is 67.4 Å². The summed E-state index contributed by atoms with van der Waals surface area (Å²) in [5.74, 6) is 2.21. The van der Waals surface area contributed by atoms with Gasteiger partial charge in [0.05, 0.1) is 19.6 Å². The van der Waals surface area contributed by atoms with Crippen molar-refractivity contribution in [2.24, 2.45) is 0 Å². The van der Waals surface area contributed by atoms with Crippen LogP contribution in [0.5, 0.6) is 0 Å². The van der Waals surface area contributed by atoms with Gasteiger partial charge in [-0.15, -0.1) is 6.42 Å². The van der Waals surface area contributed by atoms with Crippen molar-refractivity contribution < 1.29 is 14.3 Å². The molecule has 0 aliphatic carbocycles. The Morgan fingerprint density at radius 1 is 1.26 bits per heavy atom. The molecule has 0 aromatic heterocycles. The Hall–Kier alpha value is -1.54. The molecule has 1 amide bonds. The summed E-state index contributed by atoms with van der Waals surface area (Å²) < 4.78 is 4.78. The van der Waals surface area contributed by atoms with Gasteiger partial charge in [0.1, 0.15) is 5.54 Å². The second kappa shape index (κ2) is 9.40. The molecule has 108 valence electrons. The van der Waals surface area contributed by atoms with Crippen LogP contribution >= 0.6 is 0 Å². The van der Waals surface area contributed by atoms with Crippen molar-refractivity contribution in [3.05, 3.63) is 0 Å². The van der Waals surface area contributed by atoms with E-state index in [9.17, 15) is 9.59 Å². The van der Waals surface area contributed by atoms with E-state index in [0.29, 0.717) is 26.0 Å². The molecule has 0 saturated heterocycles. The first kappa shape index (κ1) is 17.5. The summed E-state index contributed by atoms with van der Waals surface area (Å²) in [6.07, 6.45) is 7.09. The highest BCUT2D eigenvalue weighted by atomic mass is 16.5. The molecule has 0 rings (SSSR count). The minimum Gasteiger partial charge on any atom is -0.466 e. The molecule has 0 aliphatic heterocycles. The molecule has 0 aromatic carbocycles. The maximum atomic E-state index is 11.7. The van der Waals surface area contributed by atoms with Gasteiger partial charge in [-0.05, 0) is 19.8 Å². The number of hydrogen-bond acceptors (Lipinski definition) is 4. The number of nitrogens with one attached hydrogen (secondary N) is 2. The van der Waals surface area contributed by atoms with Gasteiger partial charge in [-0.3, -0.25) is 9.59 Å². The number of amides is 1. The molecule has 0 saturated carbocycles. The number of rotatable bonds is 9. The first-order chi connectivity index (χ1) is 9.03. The molecule has 0 aromatic rings. The number of hydrogen-bond donors (Lipinski definition) is 2. The molecule has 0 unspecified atom stereocenters. The third-order valence-corrected chi connectivity index (χ3v) is 2.96. The summed E-state index contributed by atoms with van der Waals surface area (Å²) in [5.41, 5.74) is -0.570. The first-order valence-electron chi connectivity index (χ1n) is 6.68. The van der Waals surface area contributed by atoms with Crippen LogP contribution in [0.3, 0.4) is 0 Å². The molecule has 5 heteroatoms. The van der Waals surface area contributed by atoms with Gasteiger partial charge in [-0.2, -0.15) is 0 Å². The maximum Gasteiger partial charge on any atom is 0.307 e. The van der Waals surface area contributed by atoms with E-state index in [4.69, 9.17) is 11.2 Å². The van der Waals surface area contributed by atoms with Crippen molar-refractivity contribution in [3.8, 4) is 12.3 Å². The lowest BCUT2D eigenvalue weighted by molar-refractivity contribution is -0.143. The highest BCUT2D eigenvalue weighted by Crippen LogP contribution is 2.12. The quantitative estimate of drug-likeness (QED) is 0.369. The average Bonchev–Trinajstić information content (AvgIpc) is 2.41. The van der Waals surface area contributed by atoms with E-state index < -0.39 is 5.54 Å². The molecular formula is C14H24N2O3. The second-order valence-electron chi connectivity index (χ2n) is 4.21. The van der Waals surface area contributed by atoms with Crippen LogP contribution in [0.1, 0.15) is 40.0 Å². The SMILES string of the molecule is C#CC(CC)(CC)NC(=O)CNCCC(=O)OCC. The molecule has 19 heavy (non-hydrogen) atoms. The Kier molecular flexibility index (Phi) is 8.64. The predicted molar refractivity (Wildman–Crippen MR) is 74.4 cm³/mol. The summed E-state index contributed by atoms with van der Waals surface area (Å²) in [5, 5.41) is 5.73. The number of carbonyl (C=O) groups is 2. The van der Waals surface area contributed by atoms with Gasteiger partial charge in [0.25, 0.3) is 0 Å². The lowest BCUT2D eigenvalue weighted by atomic mass is 9.94. The number of carbonyl (C=O) groups excluding carboxylic acids is 2. The standard InChI is InChI=1S/C14H24N2O3/c1-5-14(6-2,7-3)16-12(17)11-15-10-9-13(18)19-8-4/h1,15H,6-11H2,2-4H3,(H,16,17). The van der Waals surface area contributed by atoms with Crippen LogP contribution < -0.4 is 10.6 Å². The molecule has 0 radical (unpaired) electrons. The zero-order valence-electron chi connectivity index (χ0n) is 12.0. The van der Waals surface area contributed by atoms with E-state index in [2.05, 4.69) is 16.6 Å². The summed E-state index contributed by atoms with van der Waals surface area (Å²) in [6.45, 7) is 6.57. The Morgan fingerprint density at radius 3 is 2.37 bits per heavy atom. The van der Waals surface area contributed by atoms with Gasteiger partial charge < -0.3 is 15.4 Å². The van der Waals surface area contributed by atoms with Crippen molar-refractivity contribution >= 4 is 11.9 Å². The van der Waals surface area contributed by atoms with Crippen molar-refractivity contribution in [2.75, 3.05) is 19.7 Å². The number of esters is 1. The Balaban J connectivity index is 3.94. The van der Waals surface area contributed by atoms with Crippen molar-refractivity contribution in [2.45, 2.75) is 45.6 Å². The molecular weight excluding hydrogens is 244 g/mol. The highest BCUT2D eigenvalue weighted by Gasteiger charge is 2.24. The zero-order valence-corrected chi connectivity index (χ0v) is 12.0. The van der Waals surface area contributed by atoms with Gasteiger partial charge >= 0.3 is 5.97 Å². The fraction of sp³-hybridized carbons (Fsp3) is 0.714. The summed E-state index contributed by atoms with van der Waals surface area (Å²) in [7, 11) is 0. The van der Waals surface area contributed by atoms with E-state index >= 15 is 0 Å². The molecule has 0 fully saturated rings. The minimum absolute atomic E-state index is 0.142. The molecule has 0 atom stereocenters. The molecule has 2 N–H and O–H groups in total. The lowest BCUT2D eigenvalue weighted by Gasteiger charge is -2.27. The van der Waals surface area contributed by atoms with Crippen LogP contribution in [-0.4, -0.2) is 37.1 Å². The van der Waals surface area contributed by atoms with Crippen LogP contribution in [0.2, 0.25) is 0 Å². The van der Waals surface area contributed by atoms with Crippen molar-refractivity contribution in [3.63, 3.8) is 0 Å². The van der Waals surface area contributed by atoms with E-state index in [0.717, 1.165) is 0 Å².